The maximum Gasteiger partial charge on any atom is 0.416 e. The molecular formula is C23H25Cl2FN4O3. The highest BCUT2D eigenvalue weighted by molar-refractivity contribution is 6.31. The maximum atomic E-state index is 13.6. The van der Waals surface area contributed by atoms with E-state index in [2.05, 4.69) is 9.97 Å². The summed E-state index contributed by atoms with van der Waals surface area (Å²) >= 11 is 12.5. The van der Waals surface area contributed by atoms with E-state index in [0.29, 0.717) is 29.8 Å². The summed E-state index contributed by atoms with van der Waals surface area (Å²) in [5.41, 5.74) is 1.06. The Hall–Kier alpha value is -2.45. The fourth-order valence-electron chi connectivity index (χ4n) is 3.73. The number of anilines is 1. The van der Waals surface area contributed by atoms with Crippen molar-refractivity contribution in [1.29, 1.82) is 0 Å². The first-order chi connectivity index (χ1) is 15.5. The lowest BCUT2D eigenvalue weighted by Crippen LogP contribution is -2.41. The number of fused-ring (bicyclic) bond motifs is 1. The zero-order valence-electron chi connectivity index (χ0n) is 18.7. The van der Waals surface area contributed by atoms with Crippen molar-refractivity contribution in [3.05, 3.63) is 51.1 Å². The monoisotopic (exact) mass is 494 g/mol. The van der Waals surface area contributed by atoms with E-state index < -0.39 is 17.5 Å². The van der Waals surface area contributed by atoms with Gasteiger partial charge in [-0.3, -0.25) is 9.69 Å². The lowest BCUT2D eigenvalue weighted by molar-refractivity contribution is -0.133. The number of benzene rings is 1. The van der Waals surface area contributed by atoms with Crippen molar-refractivity contribution in [2.24, 2.45) is 5.92 Å². The highest BCUT2D eigenvalue weighted by atomic mass is 35.5. The van der Waals surface area contributed by atoms with Crippen LogP contribution in [0.5, 0.6) is 0 Å². The molecule has 1 aliphatic carbocycles. The molecule has 2 amide bonds. The number of rotatable bonds is 4. The van der Waals surface area contributed by atoms with Crippen LogP contribution in [0.1, 0.15) is 50.4 Å². The summed E-state index contributed by atoms with van der Waals surface area (Å²) in [6.45, 7) is 6.05. The van der Waals surface area contributed by atoms with Gasteiger partial charge in [-0.2, -0.15) is 4.98 Å². The number of hydrogen-bond acceptors (Lipinski definition) is 5. The van der Waals surface area contributed by atoms with Gasteiger partial charge in [0.2, 0.25) is 11.2 Å². The molecule has 1 aromatic heterocycles. The van der Waals surface area contributed by atoms with E-state index in [0.717, 1.165) is 12.8 Å². The van der Waals surface area contributed by atoms with Gasteiger partial charge in [0, 0.05) is 29.5 Å². The molecule has 4 rings (SSSR count). The van der Waals surface area contributed by atoms with Gasteiger partial charge in [0.25, 0.3) is 0 Å². The molecule has 0 N–H and O–H groups in total. The van der Waals surface area contributed by atoms with Crippen LogP contribution >= 0.6 is 23.2 Å². The molecule has 7 nitrogen and oxygen atoms in total. The van der Waals surface area contributed by atoms with Gasteiger partial charge < -0.3 is 9.64 Å². The molecule has 0 atom stereocenters. The van der Waals surface area contributed by atoms with Crippen molar-refractivity contribution in [2.75, 3.05) is 11.4 Å². The molecule has 1 fully saturated rings. The number of ether oxygens (including phenoxy) is 1. The molecule has 0 radical (unpaired) electrons. The van der Waals surface area contributed by atoms with Gasteiger partial charge in [0.15, 0.2) is 0 Å². The summed E-state index contributed by atoms with van der Waals surface area (Å²) in [5.74, 6) is -0.0488. The lowest BCUT2D eigenvalue weighted by Gasteiger charge is -2.33. The Morgan fingerprint density at radius 3 is 2.61 bits per heavy atom. The highest BCUT2D eigenvalue weighted by Crippen LogP contribution is 2.35. The summed E-state index contributed by atoms with van der Waals surface area (Å²) in [7, 11) is 0. The first-order valence-corrected chi connectivity index (χ1v) is 11.6. The van der Waals surface area contributed by atoms with Crippen molar-refractivity contribution in [2.45, 2.75) is 58.7 Å². The molecule has 33 heavy (non-hydrogen) atoms. The Morgan fingerprint density at radius 1 is 1.24 bits per heavy atom. The number of carbonyl (C=O) groups is 2. The van der Waals surface area contributed by atoms with Gasteiger partial charge in [-0.05, 0) is 62.9 Å². The molecule has 10 heteroatoms. The highest BCUT2D eigenvalue weighted by Gasteiger charge is 2.37. The molecule has 176 valence electrons. The van der Waals surface area contributed by atoms with Gasteiger partial charge in [-0.15, -0.1) is 0 Å². The third-order valence-corrected chi connectivity index (χ3v) is 5.98. The third kappa shape index (κ3) is 5.55. The van der Waals surface area contributed by atoms with E-state index in [1.165, 1.54) is 23.1 Å². The summed E-state index contributed by atoms with van der Waals surface area (Å²) in [6, 6.07) is 3.96. The zero-order chi connectivity index (χ0) is 23.9. The van der Waals surface area contributed by atoms with Crippen LogP contribution in [0.3, 0.4) is 0 Å². The van der Waals surface area contributed by atoms with E-state index in [9.17, 15) is 14.0 Å². The van der Waals surface area contributed by atoms with Crippen LogP contribution in [-0.2, 0) is 29.0 Å². The van der Waals surface area contributed by atoms with Gasteiger partial charge in [0.1, 0.15) is 17.2 Å². The number of hydrogen-bond donors (Lipinski definition) is 0. The SMILES string of the molecule is CC(C)(C)OC(=O)N(Cc1ccc(F)cc1Cl)c1nc(Cl)nc2c1CN(C(=O)C1CC1)CC2. The summed E-state index contributed by atoms with van der Waals surface area (Å²) in [5, 5.41) is 0.160. The predicted molar refractivity (Wildman–Crippen MR) is 123 cm³/mol. The Morgan fingerprint density at radius 2 is 1.97 bits per heavy atom. The summed E-state index contributed by atoms with van der Waals surface area (Å²) in [6.07, 6.45) is 1.65. The fraction of sp³-hybridized carbons (Fsp3) is 0.478. The van der Waals surface area contributed by atoms with Crippen molar-refractivity contribution in [1.82, 2.24) is 14.9 Å². The van der Waals surface area contributed by atoms with Gasteiger partial charge in [-0.25, -0.2) is 14.2 Å². The van der Waals surface area contributed by atoms with Gasteiger partial charge >= 0.3 is 6.09 Å². The minimum atomic E-state index is -0.771. The number of halogens is 3. The molecule has 1 aliphatic heterocycles. The van der Waals surface area contributed by atoms with Crippen LogP contribution in [0.25, 0.3) is 0 Å². The van der Waals surface area contributed by atoms with Crippen molar-refractivity contribution < 1.29 is 18.7 Å². The second kappa shape index (κ2) is 9.06. The minimum Gasteiger partial charge on any atom is -0.443 e. The van der Waals surface area contributed by atoms with Gasteiger partial charge in [-0.1, -0.05) is 17.7 Å². The largest absolute Gasteiger partial charge is 0.443 e. The van der Waals surface area contributed by atoms with E-state index >= 15 is 0 Å². The number of carbonyl (C=O) groups excluding carboxylic acids is 2. The third-order valence-electron chi connectivity index (χ3n) is 5.46. The van der Waals surface area contributed by atoms with Crippen LogP contribution in [0, 0.1) is 11.7 Å². The van der Waals surface area contributed by atoms with E-state index in [4.69, 9.17) is 27.9 Å². The zero-order valence-corrected chi connectivity index (χ0v) is 20.2. The summed E-state index contributed by atoms with van der Waals surface area (Å²) in [4.78, 5) is 37.8. The van der Waals surface area contributed by atoms with Crippen molar-refractivity contribution in [3.63, 3.8) is 0 Å². The molecule has 2 heterocycles. The molecule has 0 bridgehead atoms. The van der Waals surface area contributed by atoms with Crippen LogP contribution in [0.15, 0.2) is 18.2 Å². The van der Waals surface area contributed by atoms with Crippen LogP contribution in [0.2, 0.25) is 10.3 Å². The van der Waals surface area contributed by atoms with Crippen LogP contribution in [0.4, 0.5) is 15.0 Å². The average Bonchev–Trinajstić information content (AvgIpc) is 3.56. The first-order valence-electron chi connectivity index (χ1n) is 10.8. The molecule has 1 aromatic carbocycles. The topological polar surface area (TPSA) is 75.6 Å². The molecule has 0 unspecified atom stereocenters. The Bertz CT molecular complexity index is 1100. The van der Waals surface area contributed by atoms with E-state index in [1.807, 2.05) is 0 Å². The quantitative estimate of drug-likeness (QED) is 0.548. The van der Waals surface area contributed by atoms with E-state index in [1.54, 1.807) is 25.7 Å². The fourth-order valence-corrected chi connectivity index (χ4v) is 4.14. The first kappa shape index (κ1) is 23.7. The number of nitrogens with zero attached hydrogens (tertiary/aromatic N) is 4. The lowest BCUT2D eigenvalue weighted by atomic mass is 10.0. The van der Waals surface area contributed by atoms with E-state index in [-0.39, 0.29) is 41.0 Å². The van der Waals surface area contributed by atoms with Gasteiger partial charge in [0.05, 0.1) is 18.8 Å². The second-order valence-electron chi connectivity index (χ2n) is 9.33. The Balaban J connectivity index is 1.75. The van der Waals surface area contributed by atoms with Crippen molar-refractivity contribution in [3.8, 4) is 0 Å². The van der Waals surface area contributed by atoms with Crippen LogP contribution in [-0.4, -0.2) is 39.0 Å². The molecular weight excluding hydrogens is 470 g/mol. The molecule has 0 saturated heterocycles. The maximum absolute atomic E-state index is 13.6. The van der Waals surface area contributed by atoms with Crippen LogP contribution < -0.4 is 4.90 Å². The molecule has 1 saturated carbocycles. The molecule has 2 aliphatic rings. The molecule has 0 spiro atoms. The minimum absolute atomic E-state index is 0.00974. The normalized spacial score (nSPS) is 15.8. The predicted octanol–water partition coefficient (Wildman–Crippen LogP) is 5.16. The number of amides is 2. The summed E-state index contributed by atoms with van der Waals surface area (Å²) < 4.78 is 19.2. The van der Waals surface area contributed by atoms with Crippen molar-refractivity contribution >= 4 is 41.0 Å². The standard InChI is InChI=1S/C23H25Cl2FN4O3/c1-23(2,3)33-22(32)30(11-14-6-7-15(26)10-17(14)24)19-16-12-29(20(31)13-4-5-13)9-8-18(16)27-21(25)28-19/h6-7,10,13H,4-5,8-9,11-12H2,1-3H3. The second-order valence-corrected chi connectivity index (χ2v) is 10.1. The average molecular weight is 495 g/mol. The Kier molecular flexibility index (Phi) is 6.51. The Labute approximate surface area is 201 Å². The molecule has 2 aromatic rings. The smallest absolute Gasteiger partial charge is 0.416 e. The number of aromatic nitrogens is 2.